The van der Waals surface area contributed by atoms with Crippen molar-refractivity contribution in [3.05, 3.63) is 18.1 Å². The van der Waals surface area contributed by atoms with E-state index in [1.165, 1.54) is 6.33 Å². The van der Waals surface area contributed by atoms with Crippen LogP contribution in [0.4, 0.5) is 5.82 Å². The van der Waals surface area contributed by atoms with E-state index in [4.69, 9.17) is 0 Å². The summed E-state index contributed by atoms with van der Waals surface area (Å²) in [4.78, 5) is 22.0. The Kier molecular flexibility index (Phi) is 6.85. The van der Waals surface area contributed by atoms with E-state index in [1.807, 2.05) is 7.05 Å². The molecule has 0 aliphatic rings. The van der Waals surface area contributed by atoms with Crippen molar-refractivity contribution in [3.63, 3.8) is 0 Å². The van der Waals surface area contributed by atoms with Crippen LogP contribution in [0.25, 0.3) is 0 Å². The van der Waals surface area contributed by atoms with Crippen molar-refractivity contribution >= 4 is 11.7 Å². The SMILES string of the molecule is CCCCNc1cc(C(=O)N(C)CCCC)ncn1. The summed E-state index contributed by atoms with van der Waals surface area (Å²) in [5, 5.41) is 3.20. The third kappa shape index (κ3) is 5.24. The minimum absolute atomic E-state index is 0.0469. The molecule has 19 heavy (non-hydrogen) atoms. The molecule has 5 nitrogen and oxygen atoms in total. The molecule has 0 unspecified atom stereocenters. The van der Waals surface area contributed by atoms with Gasteiger partial charge in [0.15, 0.2) is 0 Å². The maximum Gasteiger partial charge on any atom is 0.272 e. The zero-order valence-electron chi connectivity index (χ0n) is 12.1. The number of rotatable bonds is 8. The van der Waals surface area contributed by atoms with Crippen molar-refractivity contribution in [2.75, 3.05) is 25.5 Å². The smallest absolute Gasteiger partial charge is 0.272 e. The highest BCUT2D eigenvalue weighted by Crippen LogP contribution is 2.07. The summed E-state index contributed by atoms with van der Waals surface area (Å²) in [5.74, 6) is 0.671. The lowest BCUT2D eigenvalue weighted by Crippen LogP contribution is -2.28. The number of nitrogens with one attached hydrogen (secondary N) is 1. The number of unbranched alkanes of at least 4 members (excludes halogenated alkanes) is 2. The minimum Gasteiger partial charge on any atom is -0.370 e. The van der Waals surface area contributed by atoms with Crippen molar-refractivity contribution in [1.29, 1.82) is 0 Å². The molecule has 1 aromatic heterocycles. The second-order valence-electron chi connectivity index (χ2n) is 4.65. The number of hydrogen-bond acceptors (Lipinski definition) is 4. The molecule has 0 saturated carbocycles. The zero-order chi connectivity index (χ0) is 14.1. The summed E-state index contributed by atoms with van der Waals surface area (Å²) in [6.45, 7) is 5.88. The standard InChI is InChI=1S/C14H24N4O/c1-4-6-8-15-13-10-12(16-11-17-13)14(19)18(3)9-7-5-2/h10-11H,4-9H2,1-3H3,(H,15,16,17). The Bertz CT molecular complexity index is 395. The van der Waals surface area contributed by atoms with Crippen molar-refractivity contribution in [2.24, 2.45) is 0 Å². The summed E-state index contributed by atoms with van der Waals surface area (Å²) in [5.41, 5.74) is 0.451. The topological polar surface area (TPSA) is 58.1 Å². The minimum atomic E-state index is -0.0469. The molecule has 1 aromatic rings. The fraction of sp³-hybridized carbons (Fsp3) is 0.643. The lowest BCUT2D eigenvalue weighted by Gasteiger charge is -2.16. The molecule has 1 rings (SSSR count). The largest absolute Gasteiger partial charge is 0.370 e. The Morgan fingerprint density at radius 2 is 2.00 bits per heavy atom. The Morgan fingerprint density at radius 3 is 2.68 bits per heavy atom. The molecule has 0 radical (unpaired) electrons. The van der Waals surface area contributed by atoms with Gasteiger partial charge in [-0.3, -0.25) is 4.79 Å². The van der Waals surface area contributed by atoms with Crippen LogP contribution in [-0.4, -0.2) is 40.9 Å². The number of anilines is 1. The fourth-order valence-corrected chi connectivity index (χ4v) is 1.66. The second kappa shape index (κ2) is 8.45. The van der Waals surface area contributed by atoms with Crippen molar-refractivity contribution in [3.8, 4) is 0 Å². The van der Waals surface area contributed by atoms with Crippen molar-refractivity contribution in [1.82, 2.24) is 14.9 Å². The predicted molar refractivity (Wildman–Crippen MR) is 77.3 cm³/mol. The lowest BCUT2D eigenvalue weighted by molar-refractivity contribution is 0.0787. The van der Waals surface area contributed by atoms with Crippen LogP contribution < -0.4 is 5.32 Å². The molecule has 0 aliphatic heterocycles. The first kappa shape index (κ1) is 15.4. The molecule has 1 heterocycles. The number of amides is 1. The van der Waals surface area contributed by atoms with Gasteiger partial charge in [-0.15, -0.1) is 0 Å². The van der Waals surface area contributed by atoms with Crippen LogP contribution in [0.5, 0.6) is 0 Å². The highest BCUT2D eigenvalue weighted by Gasteiger charge is 2.13. The van der Waals surface area contributed by atoms with Gasteiger partial charge in [-0.05, 0) is 12.8 Å². The van der Waals surface area contributed by atoms with Crippen LogP contribution in [0, 0.1) is 0 Å². The molecule has 0 aliphatic carbocycles. The van der Waals surface area contributed by atoms with Gasteiger partial charge in [0.1, 0.15) is 17.8 Å². The molecule has 106 valence electrons. The van der Waals surface area contributed by atoms with E-state index in [2.05, 4.69) is 29.1 Å². The number of hydrogen-bond donors (Lipinski definition) is 1. The van der Waals surface area contributed by atoms with Crippen molar-refractivity contribution in [2.45, 2.75) is 39.5 Å². The molecular weight excluding hydrogens is 240 g/mol. The van der Waals surface area contributed by atoms with Gasteiger partial charge in [0.05, 0.1) is 0 Å². The maximum absolute atomic E-state index is 12.1. The van der Waals surface area contributed by atoms with Crippen LogP contribution in [0.15, 0.2) is 12.4 Å². The van der Waals surface area contributed by atoms with Crippen LogP contribution in [0.1, 0.15) is 50.0 Å². The molecule has 0 fully saturated rings. The van der Waals surface area contributed by atoms with E-state index in [0.29, 0.717) is 5.69 Å². The summed E-state index contributed by atoms with van der Waals surface area (Å²) in [7, 11) is 1.81. The molecule has 0 aromatic carbocycles. The fourth-order valence-electron chi connectivity index (χ4n) is 1.66. The number of aromatic nitrogens is 2. The summed E-state index contributed by atoms with van der Waals surface area (Å²) in [6, 6.07) is 1.72. The molecule has 0 saturated heterocycles. The Balaban J connectivity index is 2.61. The Hall–Kier alpha value is -1.65. The summed E-state index contributed by atoms with van der Waals surface area (Å²) >= 11 is 0. The van der Waals surface area contributed by atoms with Crippen LogP contribution in [0.2, 0.25) is 0 Å². The van der Waals surface area contributed by atoms with Gasteiger partial charge in [-0.1, -0.05) is 26.7 Å². The molecule has 1 amide bonds. The summed E-state index contributed by atoms with van der Waals surface area (Å²) in [6.07, 6.45) is 5.74. The van der Waals surface area contributed by atoms with Gasteiger partial charge in [0, 0.05) is 26.2 Å². The number of carbonyl (C=O) groups excluding carboxylic acids is 1. The van der Waals surface area contributed by atoms with E-state index in [9.17, 15) is 4.79 Å². The van der Waals surface area contributed by atoms with Crippen LogP contribution >= 0.6 is 0 Å². The van der Waals surface area contributed by atoms with Gasteiger partial charge in [-0.25, -0.2) is 9.97 Å². The maximum atomic E-state index is 12.1. The average Bonchev–Trinajstić information content (AvgIpc) is 2.44. The lowest BCUT2D eigenvalue weighted by atomic mass is 10.3. The second-order valence-corrected chi connectivity index (χ2v) is 4.65. The number of nitrogens with zero attached hydrogens (tertiary/aromatic N) is 3. The van der Waals surface area contributed by atoms with Gasteiger partial charge < -0.3 is 10.2 Å². The van der Waals surface area contributed by atoms with E-state index in [1.54, 1.807) is 11.0 Å². The first-order valence-electron chi connectivity index (χ1n) is 7.00. The van der Waals surface area contributed by atoms with E-state index in [0.717, 1.165) is 44.6 Å². The Morgan fingerprint density at radius 1 is 1.26 bits per heavy atom. The Labute approximate surface area is 115 Å². The molecule has 5 heteroatoms. The zero-order valence-corrected chi connectivity index (χ0v) is 12.1. The van der Waals surface area contributed by atoms with Crippen LogP contribution in [-0.2, 0) is 0 Å². The van der Waals surface area contributed by atoms with Crippen LogP contribution in [0.3, 0.4) is 0 Å². The van der Waals surface area contributed by atoms with Gasteiger partial charge in [0.2, 0.25) is 0 Å². The van der Waals surface area contributed by atoms with E-state index in [-0.39, 0.29) is 5.91 Å². The van der Waals surface area contributed by atoms with Gasteiger partial charge >= 0.3 is 0 Å². The summed E-state index contributed by atoms with van der Waals surface area (Å²) < 4.78 is 0. The first-order chi connectivity index (χ1) is 9.19. The third-order valence-corrected chi connectivity index (χ3v) is 2.92. The molecule has 0 spiro atoms. The normalized spacial score (nSPS) is 10.3. The first-order valence-corrected chi connectivity index (χ1v) is 7.00. The molecular formula is C14H24N4O. The van der Waals surface area contributed by atoms with E-state index < -0.39 is 0 Å². The monoisotopic (exact) mass is 264 g/mol. The average molecular weight is 264 g/mol. The van der Waals surface area contributed by atoms with Gasteiger partial charge in [0.25, 0.3) is 5.91 Å². The quantitative estimate of drug-likeness (QED) is 0.733. The number of carbonyl (C=O) groups is 1. The third-order valence-electron chi connectivity index (χ3n) is 2.92. The molecule has 0 bridgehead atoms. The highest BCUT2D eigenvalue weighted by molar-refractivity contribution is 5.92. The van der Waals surface area contributed by atoms with Crippen molar-refractivity contribution < 1.29 is 4.79 Å². The highest BCUT2D eigenvalue weighted by atomic mass is 16.2. The van der Waals surface area contributed by atoms with Gasteiger partial charge in [-0.2, -0.15) is 0 Å². The molecule has 1 N–H and O–H groups in total. The van der Waals surface area contributed by atoms with E-state index >= 15 is 0 Å². The predicted octanol–water partition coefficient (Wildman–Crippen LogP) is 2.56. The molecule has 0 atom stereocenters.